The molecular formula is C14H18FN3O3. The number of carbonyl (C=O) groups is 1. The highest BCUT2D eigenvalue weighted by atomic mass is 19.1. The molecule has 1 aromatic carbocycles. The molecule has 1 aliphatic carbocycles. The summed E-state index contributed by atoms with van der Waals surface area (Å²) in [6, 6.07) is 4.04. The molecule has 0 saturated heterocycles. The maximum atomic E-state index is 13.8. The van der Waals surface area contributed by atoms with Crippen molar-refractivity contribution in [3.63, 3.8) is 0 Å². The molecule has 0 radical (unpaired) electrons. The number of carbonyl (C=O) groups excluding carboxylic acids is 1. The van der Waals surface area contributed by atoms with E-state index in [2.05, 4.69) is 10.5 Å². The zero-order chi connectivity index (χ0) is 15.6. The van der Waals surface area contributed by atoms with Crippen molar-refractivity contribution in [1.82, 2.24) is 0 Å². The number of rotatable bonds is 4. The largest absolute Gasteiger partial charge is 0.497 e. The second-order valence-electron chi connectivity index (χ2n) is 5.38. The maximum Gasteiger partial charge on any atom is 0.238 e. The molecule has 0 unspecified atom stereocenters. The Hall–Kier alpha value is -2.31. The van der Waals surface area contributed by atoms with Crippen LogP contribution >= 0.6 is 0 Å². The first-order valence-electron chi connectivity index (χ1n) is 6.56. The van der Waals surface area contributed by atoms with Crippen LogP contribution in [0.25, 0.3) is 0 Å². The Labute approximate surface area is 121 Å². The van der Waals surface area contributed by atoms with Crippen molar-refractivity contribution in [2.24, 2.45) is 22.2 Å². The summed E-state index contributed by atoms with van der Waals surface area (Å²) in [5.41, 5.74) is 4.57. The average molecular weight is 295 g/mol. The molecule has 0 aromatic heterocycles. The molecular weight excluding hydrogens is 277 g/mol. The highest BCUT2D eigenvalue weighted by Gasteiger charge is 2.52. The normalized spacial score (nSPS) is 25.1. The van der Waals surface area contributed by atoms with Crippen LogP contribution in [-0.4, -0.2) is 24.1 Å². The van der Waals surface area contributed by atoms with Crippen LogP contribution in [-0.2, 0) is 4.79 Å². The number of anilines is 1. The Morgan fingerprint density at radius 3 is 2.76 bits per heavy atom. The van der Waals surface area contributed by atoms with Gasteiger partial charge in [-0.2, -0.15) is 0 Å². The molecule has 1 fully saturated rings. The van der Waals surface area contributed by atoms with Gasteiger partial charge in [0.25, 0.3) is 0 Å². The van der Waals surface area contributed by atoms with Crippen molar-refractivity contribution in [2.75, 3.05) is 12.4 Å². The standard InChI is InChI=1S/C14H18FN3O3/c1-8-6-14(7-8,12(16)18-20)13(19)17-11-5-9(21-2)3-4-10(11)15/h3-5,8,20H,6-7H2,1-2H3,(H2,16,18)(H,17,19). The topological polar surface area (TPSA) is 96.9 Å². The molecule has 7 heteroatoms. The van der Waals surface area contributed by atoms with E-state index in [4.69, 9.17) is 15.7 Å². The average Bonchev–Trinajstić information content (AvgIpc) is 2.44. The molecule has 0 bridgehead atoms. The van der Waals surface area contributed by atoms with Crippen molar-refractivity contribution in [3.05, 3.63) is 24.0 Å². The van der Waals surface area contributed by atoms with Gasteiger partial charge in [0, 0.05) is 6.07 Å². The number of nitrogens with two attached hydrogens (primary N) is 1. The number of hydrogen-bond acceptors (Lipinski definition) is 4. The summed E-state index contributed by atoms with van der Waals surface area (Å²) in [6.45, 7) is 1.96. The molecule has 114 valence electrons. The smallest absolute Gasteiger partial charge is 0.238 e. The van der Waals surface area contributed by atoms with Gasteiger partial charge in [-0.3, -0.25) is 4.79 Å². The van der Waals surface area contributed by atoms with Gasteiger partial charge in [-0.05, 0) is 30.9 Å². The molecule has 1 aliphatic rings. The first-order valence-corrected chi connectivity index (χ1v) is 6.56. The van der Waals surface area contributed by atoms with Crippen molar-refractivity contribution in [3.8, 4) is 5.75 Å². The fraction of sp³-hybridized carbons (Fsp3) is 0.429. The number of nitrogens with zero attached hydrogens (tertiary/aromatic N) is 1. The predicted molar refractivity (Wildman–Crippen MR) is 75.8 cm³/mol. The minimum atomic E-state index is -1.08. The van der Waals surface area contributed by atoms with Gasteiger partial charge in [0.15, 0.2) is 5.84 Å². The molecule has 4 N–H and O–H groups in total. The minimum Gasteiger partial charge on any atom is -0.497 e. The lowest BCUT2D eigenvalue weighted by Gasteiger charge is -2.43. The van der Waals surface area contributed by atoms with E-state index in [0.717, 1.165) is 0 Å². The van der Waals surface area contributed by atoms with Crippen molar-refractivity contribution in [2.45, 2.75) is 19.8 Å². The predicted octanol–water partition coefficient (Wildman–Crippen LogP) is 1.94. The Bertz CT molecular complexity index is 583. The van der Waals surface area contributed by atoms with Gasteiger partial charge in [-0.15, -0.1) is 0 Å². The number of halogens is 1. The summed E-state index contributed by atoms with van der Waals surface area (Å²) >= 11 is 0. The zero-order valence-corrected chi connectivity index (χ0v) is 11.9. The summed E-state index contributed by atoms with van der Waals surface area (Å²) in [7, 11) is 1.45. The number of nitrogens with one attached hydrogen (secondary N) is 1. The van der Waals surface area contributed by atoms with Crippen LogP contribution in [0.1, 0.15) is 19.8 Å². The van der Waals surface area contributed by atoms with Crippen molar-refractivity contribution < 1.29 is 19.1 Å². The van der Waals surface area contributed by atoms with E-state index in [0.29, 0.717) is 18.6 Å². The van der Waals surface area contributed by atoms with Crippen LogP contribution in [0.15, 0.2) is 23.4 Å². The summed E-state index contributed by atoms with van der Waals surface area (Å²) in [5, 5.41) is 14.3. The van der Waals surface area contributed by atoms with Crippen LogP contribution < -0.4 is 15.8 Å². The monoisotopic (exact) mass is 295 g/mol. The molecule has 1 aromatic rings. The van der Waals surface area contributed by atoms with E-state index in [1.165, 1.54) is 25.3 Å². The van der Waals surface area contributed by atoms with E-state index in [-0.39, 0.29) is 17.4 Å². The van der Waals surface area contributed by atoms with Gasteiger partial charge in [-0.25, -0.2) is 4.39 Å². The van der Waals surface area contributed by atoms with E-state index in [9.17, 15) is 9.18 Å². The molecule has 0 atom stereocenters. The number of amidine groups is 1. The van der Waals surface area contributed by atoms with Crippen LogP contribution in [0.2, 0.25) is 0 Å². The van der Waals surface area contributed by atoms with Gasteiger partial charge in [0.1, 0.15) is 17.0 Å². The molecule has 0 heterocycles. The van der Waals surface area contributed by atoms with E-state index in [1.807, 2.05) is 6.92 Å². The second-order valence-corrected chi connectivity index (χ2v) is 5.38. The SMILES string of the molecule is COc1ccc(F)c(NC(=O)C2(/C(N)=N/O)CC(C)C2)c1. The first-order chi connectivity index (χ1) is 9.92. The highest BCUT2D eigenvalue weighted by molar-refractivity contribution is 6.12. The molecule has 1 saturated carbocycles. The lowest BCUT2D eigenvalue weighted by molar-refractivity contribution is -0.127. The third kappa shape index (κ3) is 2.63. The fourth-order valence-corrected chi connectivity index (χ4v) is 2.71. The van der Waals surface area contributed by atoms with Gasteiger partial charge < -0.3 is 21.0 Å². The van der Waals surface area contributed by atoms with Crippen LogP contribution in [0.5, 0.6) is 5.75 Å². The second kappa shape index (κ2) is 5.59. The van der Waals surface area contributed by atoms with Crippen LogP contribution in [0.4, 0.5) is 10.1 Å². The van der Waals surface area contributed by atoms with Gasteiger partial charge in [-0.1, -0.05) is 12.1 Å². The van der Waals surface area contributed by atoms with Gasteiger partial charge in [0.2, 0.25) is 5.91 Å². The molecule has 0 spiro atoms. The Morgan fingerprint density at radius 1 is 1.57 bits per heavy atom. The quantitative estimate of drug-likeness (QED) is 0.342. The number of methoxy groups -OCH3 is 1. The number of amides is 1. The number of oxime groups is 1. The minimum absolute atomic E-state index is 0.00372. The van der Waals surface area contributed by atoms with Crippen LogP contribution in [0.3, 0.4) is 0 Å². The maximum absolute atomic E-state index is 13.8. The number of hydrogen-bond donors (Lipinski definition) is 3. The third-order valence-corrected chi connectivity index (χ3v) is 3.85. The Morgan fingerprint density at radius 2 is 2.24 bits per heavy atom. The zero-order valence-electron chi connectivity index (χ0n) is 11.9. The summed E-state index contributed by atoms with van der Waals surface area (Å²) in [5.74, 6) is -0.506. The lowest BCUT2D eigenvalue weighted by atomic mass is 9.61. The van der Waals surface area contributed by atoms with E-state index in [1.54, 1.807) is 0 Å². The van der Waals surface area contributed by atoms with E-state index >= 15 is 0 Å². The van der Waals surface area contributed by atoms with Crippen LogP contribution in [0, 0.1) is 17.2 Å². The lowest BCUT2D eigenvalue weighted by Crippen LogP contribution is -2.54. The molecule has 2 rings (SSSR count). The molecule has 1 amide bonds. The number of ether oxygens (including phenoxy) is 1. The molecule has 21 heavy (non-hydrogen) atoms. The van der Waals surface area contributed by atoms with Gasteiger partial charge >= 0.3 is 0 Å². The number of benzene rings is 1. The summed E-state index contributed by atoms with van der Waals surface area (Å²) in [4.78, 5) is 12.4. The van der Waals surface area contributed by atoms with Gasteiger partial charge in [0.05, 0.1) is 12.8 Å². The third-order valence-electron chi connectivity index (χ3n) is 3.85. The first kappa shape index (κ1) is 15.1. The fourth-order valence-electron chi connectivity index (χ4n) is 2.71. The molecule has 0 aliphatic heterocycles. The summed E-state index contributed by atoms with van der Waals surface area (Å²) < 4.78 is 18.8. The molecule has 6 nitrogen and oxygen atoms in total. The summed E-state index contributed by atoms with van der Waals surface area (Å²) in [6.07, 6.45) is 0.917. The Kier molecular flexibility index (Phi) is 4.02. The van der Waals surface area contributed by atoms with E-state index < -0.39 is 17.1 Å². The Balaban J connectivity index is 2.24. The van der Waals surface area contributed by atoms with Crippen molar-refractivity contribution >= 4 is 17.4 Å². The highest BCUT2D eigenvalue weighted by Crippen LogP contribution is 2.46. The van der Waals surface area contributed by atoms with Crippen molar-refractivity contribution in [1.29, 1.82) is 0 Å².